The molecule has 0 fully saturated rings. The van der Waals surface area contributed by atoms with E-state index in [1.807, 2.05) is 0 Å². The van der Waals surface area contributed by atoms with Crippen molar-refractivity contribution in [3.63, 3.8) is 0 Å². The van der Waals surface area contributed by atoms with Gasteiger partial charge in [0.15, 0.2) is 0 Å². The Kier molecular flexibility index (Phi) is 2.81. The molecule has 76 valence electrons. The molecule has 0 saturated heterocycles. The lowest BCUT2D eigenvalue weighted by Crippen LogP contribution is -2.42. The Labute approximate surface area is 80.9 Å². The number of hydrogen-bond acceptors (Lipinski definition) is 4. The van der Waals surface area contributed by atoms with E-state index in [4.69, 9.17) is 5.73 Å². The fourth-order valence-electron chi connectivity index (χ4n) is 1.01. The lowest BCUT2D eigenvalue weighted by Gasteiger charge is -2.21. The number of aromatic nitrogens is 1. The second-order valence-corrected chi connectivity index (χ2v) is 3.06. The van der Waals surface area contributed by atoms with Gasteiger partial charge >= 0.3 is 5.97 Å². The van der Waals surface area contributed by atoms with Crippen molar-refractivity contribution in [3.05, 3.63) is 29.8 Å². The number of carbonyl (C=O) groups excluding carboxylic acids is 1. The third-order valence-corrected chi connectivity index (χ3v) is 1.94. The fourth-order valence-corrected chi connectivity index (χ4v) is 1.01. The van der Waals surface area contributed by atoms with Crippen molar-refractivity contribution in [1.29, 1.82) is 0 Å². The molecule has 1 aromatic heterocycles. The Morgan fingerprint density at radius 2 is 2.29 bits per heavy atom. The highest BCUT2D eigenvalue weighted by atomic mass is 19.1. The van der Waals surface area contributed by atoms with Crippen LogP contribution in [0.1, 0.15) is 12.5 Å². The largest absolute Gasteiger partial charge is 0.467 e. The van der Waals surface area contributed by atoms with E-state index in [2.05, 4.69) is 9.72 Å². The second-order valence-electron chi connectivity index (χ2n) is 3.06. The van der Waals surface area contributed by atoms with Gasteiger partial charge in [0, 0.05) is 11.8 Å². The first kappa shape index (κ1) is 10.6. The summed E-state index contributed by atoms with van der Waals surface area (Å²) in [6.45, 7) is 1.48. The first-order valence-corrected chi connectivity index (χ1v) is 3.98. The first-order chi connectivity index (χ1) is 6.48. The molecule has 0 aliphatic carbocycles. The molecule has 1 heterocycles. The summed E-state index contributed by atoms with van der Waals surface area (Å²) in [5, 5.41) is 0. The predicted octanol–water partition coefficient (Wildman–Crippen LogP) is 0.568. The number of hydrogen-bond donors (Lipinski definition) is 1. The van der Waals surface area contributed by atoms with Crippen LogP contribution in [0.3, 0.4) is 0 Å². The summed E-state index contributed by atoms with van der Waals surface area (Å²) >= 11 is 0. The SMILES string of the molecule is COC(=O)[C@](C)(N)c1ccc(F)nc1. The zero-order valence-electron chi connectivity index (χ0n) is 7.95. The van der Waals surface area contributed by atoms with Gasteiger partial charge in [0.2, 0.25) is 5.95 Å². The van der Waals surface area contributed by atoms with Crippen molar-refractivity contribution in [1.82, 2.24) is 4.98 Å². The van der Waals surface area contributed by atoms with Crippen molar-refractivity contribution >= 4 is 5.97 Å². The zero-order valence-corrected chi connectivity index (χ0v) is 7.95. The van der Waals surface area contributed by atoms with Crippen LogP contribution in [0, 0.1) is 5.95 Å². The molecule has 1 rings (SSSR count). The minimum absolute atomic E-state index is 0.408. The van der Waals surface area contributed by atoms with Crippen LogP contribution in [-0.2, 0) is 15.1 Å². The van der Waals surface area contributed by atoms with Crippen LogP contribution < -0.4 is 5.73 Å². The molecule has 0 aromatic carbocycles. The van der Waals surface area contributed by atoms with Crippen LogP contribution in [0.2, 0.25) is 0 Å². The van der Waals surface area contributed by atoms with E-state index in [1.165, 1.54) is 26.3 Å². The average molecular weight is 198 g/mol. The molecule has 2 N–H and O–H groups in total. The number of halogens is 1. The topological polar surface area (TPSA) is 65.2 Å². The van der Waals surface area contributed by atoms with Crippen molar-refractivity contribution < 1.29 is 13.9 Å². The molecule has 4 nitrogen and oxygen atoms in total. The van der Waals surface area contributed by atoms with Gasteiger partial charge in [-0.15, -0.1) is 0 Å². The Hall–Kier alpha value is -1.49. The zero-order chi connectivity index (χ0) is 10.8. The lowest BCUT2D eigenvalue weighted by molar-refractivity contribution is -0.146. The minimum atomic E-state index is -1.30. The number of nitrogens with zero attached hydrogens (tertiary/aromatic N) is 1. The van der Waals surface area contributed by atoms with Crippen LogP contribution in [0.25, 0.3) is 0 Å². The average Bonchev–Trinajstić information content (AvgIpc) is 2.17. The highest BCUT2D eigenvalue weighted by Gasteiger charge is 2.31. The first-order valence-electron chi connectivity index (χ1n) is 3.98. The van der Waals surface area contributed by atoms with Crippen LogP contribution in [0.4, 0.5) is 4.39 Å². The van der Waals surface area contributed by atoms with Crippen LogP contribution in [0.5, 0.6) is 0 Å². The Balaban J connectivity index is 3.03. The summed E-state index contributed by atoms with van der Waals surface area (Å²) in [6.07, 6.45) is 1.21. The molecular weight excluding hydrogens is 187 g/mol. The maximum absolute atomic E-state index is 12.5. The van der Waals surface area contributed by atoms with Crippen LogP contribution >= 0.6 is 0 Å². The standard InChI is InChI=1S/C9H11FN2O2/c1-9(11,8(13)14-2)6-3-4-7(10)12-5-6/h3-5H,11H2,1-2H3/t9-/m1/s1. The van der Waals surface area contributed by atoms with Gasteiger partial charge < -0.3 is 10.5 Å². The Bertz CT molecular complexity index is 335. The maximum atomic E-state index is 12.5. The van der Waals surface area contributed by atoms with Crippen molar-refractivity contribution in [3.8, 4) is 0 Å². The number of methoxy groups -OCH3 is 1. The van der Waals surface area contributed by atoms with Gasteiger partial charge in [-0.1, -0.05) is 6.07 Å². The number of esters is 1. The third kappa shape index (κ3) is 1.88. The summed E-state index contributed by atoms with van der Waals surface area (Å²) < 4.78 is 17.0. The summed E-state index contributed by atoms with van der Waals surface area (Å²) in [4.78, 5) is 14.7. The molecule has 0 saturated carbocycles. The van der Waals surface area contributed by atoms with Gasteiger partial charge in [0.05, 0.1) is 7.11 Å². The van der Waals surface area contributed by atoms with Gasteiger partial charge in [-0.2, -0.15) is 4.39 Å². The number of carbonyl (C=O) groups is 1. The van der Waals surface area contributed by atoms with Crippen LogP contribution in [-0.4, -0.2) is 18.1 Å². The van der Waals surface area contributed by atoms with Gasteiger partial charge in [-0.05, 0) is 13.0 Å². The molecule has 14 heavy (non-hydrogen) atoms. The maximum Gasteiger partial charge on any atom is 0.330 e. The number of pyridine rings is 1. The molecule has 0 spiro atoms. The van der Waals surface area contributed by atoms with E-state index in [-0.39, 0.29) is 0 Å². The normalized spacial score (nSPS) is 14.6. The summed E-state index contributed by atoms with van der Waals surface area (Å²) in [7, 11) is 1.24. The molecule has 0 radical (unpaired) electrons. The van der Waals surface area contributed by atoms with Crippen LogP contribution in [0.15, 0.2) is 18.3 Å². The smallest absolute Gasteiger partial charge is 0.330 e. The van der Waals surface area contributed by atoms with E-state index >= 15 is 0 Å². The Morgan fingerprint density at radius 3 is 2.71 bits per heavy atom. The van der Waals surface area contributed by atoms with Crippen molar-refractivity contribution in [2.75, 3.05) is 7.11 Å². The molecule has 1 atom stereocenters. The molecule has 0 aliphatic heterocycles. The summed E-state index contributed by atoms with van der Waals surface area (Å²) in [6, 6.07) is 2.54. The predicted molar refractivity (Wildman–Crippen MR) is 47.8 cm³/mol. The van der Waals surface area contributed by atoms with Gasteiger partial charge in [0.25, 0.3) is 0 Å². The third-order valence-electron chi connectivity index (χ3n) is 1.94. The molecule has 0 bridgehead atoms. The molecule has 0 unspecified atom stereocenters. The van der Waals surface area contributed by atoms with E-state index in [1.54, 1.807) is 0 Å². The van der Waals surface area contributed by atoms with Gasteiger partial charge in [-0.3, -0.25) is 0 Å². The van der Waals surface area contributed by atoms with Gasteiger partial charge in [0.1, 0.15) is 5.54 Å². The van der Waals surface area contributed by atoms with E-state index < -0.39 is 17.5 Å². The number of ether oxygens (including phenoxy) is 1. The molecule has 1 aromatic rings. The highest BCUT2D eigenvalue weighted by molar-refractivity contribution is 5.81. The summed E-state index contributed by atoms with van der Waals surface area (Å²) in [5.74, 6) is -1.21. The monoisotopic (exact) mass is 198 g/mol. The fraction of sp³-hybridized carbons (Fsp3) is 0.333. The summed E-state index contributed by atoms with van der Waals surface area (Å²) in [5.41, 5.74) is 4.82. The van der Waals surface area contributed by atoms with E-state index in [0.29, 0.717) is 5.56 Å². The Morgan fingerprint density at radius 1 is 1.64 bits per heavy atom. The molecular formula is C9H11FN2O2. The molecule has 0 amide bonds. The van der Waals surface area contributed by atoms with Crippen molar-refractivity contribution in [2.45, 2.75) is 12.5 Å². The van der Waals surface area contributed by atoms with E-state index in [9.17, 15) is 9.18 Å². The van der Waals surface area contributed by atoms with Crippen molar-refractivity contribution in [2.24, 2.45) is 5.73 Å². The van der Waals surface area contributed by atoms with E-state index in [0.717, 1.165) is 6.07 Å². The number of rotatable bonds is 2. The minimum Gasteiger partial charge on any atom is -0.467 e. The molecule has 0 aliphatic rings. The van der Waals surface area contributed by atoms with Gasteiger partial charge in [-0.25, -0.2) is 9.78 Å². The highest BCUT2D eigenvalue weighted by Crippen LogP contribution is 2.18. The lowest BCUT2D eigenvalue weighted by atomic mass is 9.95. The molecule has 5 heteroatoms. The second kappa shape index (κ2) is 3.71. The quantitative estimate of drug-likeness (QED) is 0.557. The number of nitrogens with two attached hydrogens (primary N) is 1.